The van der Waals surface area contributed by atoms with Gasteiger partial charge in [-0.25, -0.2) is 0 Å². The third kappa shape index (κ3) is 2.94. The first kappa shape index (κ1) is 12.0. The number of ether oxygens (including phenoxy) is 1. The first-order valence-electron chi connectivity index (χ1n) is 5.03. The van der Waals surface area contributed by atoms with Crippen molar-refractivity contribution in [2.24, 2.45) is 0 Å². The Kier molecular flexibility index (Phi) is 4.12. The summed E-state index contributed by atoms with van der Waals surface area (Å²) in [4.78, 5) is 4.36. The van der Waals surface area contributed by atoms with Crippen LogP contribution >= 0.6 is 0 Å². The van der Waals surface area contributed by atoms with Gasteiger partial charge in [-0.3, -0.25) is 9.80 Å². The molecule has 0 bridgehead atoms. The molecule has 3 heteroatoms. The van der Waals surface area contributed by atoms with Crippen LogP contribution < -0.4 is 4.74 Å². The summed E-state index contributed by atoms with van der Waals surface area (Å²) in [5, 5.41) is 0. The number of benzene rings is 1. The molecule has 0 spiro atoms. The lowest BCUT2D eigenvalue weighted by Crippen LogP contribution is -2.32. The first-order chi connectivity index (χ1) is 7.06. The van der Waals surface area contributed by atoms with Crippen molar-refractivity contribution < 1.29 is 4.74 Å². The molecule has 84 valence electrons. The van der Waals surface area contributed by atoms with Gasteiger partial charge in [0.1, 0.15) is 5.75 Å². The quantitative estimate of drug-likeness (QED) is 0.702. The topological polar surface area (TPSA) is 15.7 Å². The van der Waals surface area contributed by atoms with Gasteiger partial charge < -0.3 is 4.74 Å². The largest absolute Gasteiger partial charge is 0.497 e. The van der Waals surface area contributed by atoms with Crippen LogP contribution in [-0.2, 0) is 0 Å². The number of rotatable bonds is 4. The lowest BCUT2D eigenvalue weighted by Gasteiger charge is -2.30. The van der Waals surface area contributed by atoms with Gasteiger partial charge in [0.15, 0.2) is 0 Å². The summed E-state index contributed by atoms with van der Waals surface area (Å²) < 4.78 is 5.14. The van der Waals surface area contributed by atoms with E-state index in [1.807, 2.05) is 12.1 Å². The normalized spacial score (nSPS) is 11.5. The van der Waals surface area contributed by atoms with Crippen LogP contribution in [0.3, 0.4) is 0 Å². The zero-order chi connectivity index (χ0) is 11.4. The van der Waals surface area contributed by atoms with Crippen LogP contribution in [0, 0.1) is 0 Å². The minimum absolute atomic E-state index is 0.302. The van der Waals surface area contributed by atoms with Crippen molar-refractivity contribution in [2.45, 2.75) is 6.17 Å². The highest BCUT2D eigenvalue weighted by atomic mass is 16.5. The Balaban J connectivity index is 2.92. The average molecular weight is 208 g/mol. The van der Waals surface area contributed by atoms with Crippen molar-refractivity contribution in [1.29, 1.82) is 0 Å². The van der Waals surface area contributed by atoms with E-state index in [0.29, 0.717) is 6.17 Å². The highest BCUT2D eigenvalue weighted by Crippen LogP contribution is 2.22. The van der Waals surface area contributed by atoms with Crippen LogP contribution in [0.2, 0.25) is 0 Å². The summed E-state index contributed by atoms with van der Waals surface area (Å²) in [5.41, 5.74) is 1.27. The molecular formula is C12H20N2O. The SMILES string of the molecule is COc1ccc(C(N(C)C)N(C)C)cc1. The van der Waals surface area contributed by atoms with E-state index >= 15 is 0 Å². The zero-order valence-electron chi connectivity index (χ0n) is 10.2. The minimum atomic E-state index is 0.302. The van der Waals surface area contributed by atoms with E-state index in [9.17, 15) is 0 Å². The van der Waals surface area contributed by atoms with Crippen molar-refractivity contribution in [3.8, 4) is 5.75 Å². The molecule has 0 aliphatic heterocycles. The van der Waals surface area contributed by atoms with E-state index in [1.54, 1.807) is 7.11 Å². The third-order valence-electron chi connectivity index (χ3n) is 2.39. The molecule has 0 aromatic heterocycles. The molecule has 0 saturated heterocycles. The van der Waals surface area contributed by atoms with E-state index < -0.39 is 0 Å². The standard InChI is InChI=1S/C12H20N2O/c1-13(2)12(14(3)4)10-6-8-11(15-5)9-7-10/h6-9,12H,1-5H3. The number of methoxy groups -OCH3 is 1. The molecule has 0 N–H and O–H groups in total. The fourth-order valence-electron chi connectivity index (χ4n) is 1.83. The zero-order valence-corrected chi connectivity index (χ0v) is 10.2. The maximum Gasteiger partial charge on any atom is 0.118 e. The second-order valence-corrected chi connectivity index (χ2v) is 4.07. The summed E-state index contributed by atoms with van der Waals surface area (Å²) in [6.07, 6.45) is 0.302. The molecule has 0 fully saturated rings. The van der Waals surface area contributed by atoms with Gasteiger partial charge >= 0.3 is 0 Å². The predicted octanol–water partition coefficient (Wildman–Crippen LogP) is 1.82. The smallest absolute Gasteiger partial charge is 0.118 e. The van der Waals surface area contributed by atoms with Gasteiger partial charge in [-0.1, -0.05) is 12.1 Å². The van der Waals surface area contributed by atoms with Crippen molar-refractivity contribution in [2.75, 3.05) is 35.3 Å². The lowest BCUT2D eigenvalue weighted by molar-refractivity contribution is 0.131. The van der Waals surface area contributed by atoms with Crippen molar-refractivity contribution in [3.63, 3.8) is 0 Å². The molecule has 0 saturated carbocycles. The molecule has 0 aliphatic carbocycles. The molecule has 0 radical (unpaired) electrons. The van der Waals surface area contributed by atoms with Crippen LogP contribution in [0.1, 0.15) is 11.7 Å². The van der Waals surface area contributed by atoms with Crippen molar-refractivity contribution >= 4 is 0 Å². The maximum atomic E-state index is 5.14. The molecule has 0 amide bonds. The Hall–Kier alpha value is -1.06. The first-order valence-corrected chi connectivity index (χ1v) is 5.03. The summed E-state index contributed by atoms with van der Waals surface area (Å²) >= 11 is 0. The van der Waals surface area contributed by atoms with Crippen LogP contribution in [0.5, 0.6) is 5.75 Å². The van der Waals surface area contributed by atoms with Crippen LogP contribution in [0.15, 0.2) is 24.3 Å². The third-order valence-corrected chi connectivity index (χ3v) is 2.39. The minimum Gasteiger partial charge on any atom is -0.497 e. The molecule has 3 nitrogen and oxygen atoms in total. The van der Waals surface area contributed by atoms with Gasteiger partial charge in [0, 0.05) is 0 Å². The second-order valence-electron chi connectivity index (χ2n) is 4.07. The van der Waals surface area contributed by atoms with Gasteiger partial charge in [-0.15, -0.1) is 0 Å². The van der Waals surface area contributed by atoms with Gasteiger partial charge in [-0.2, -0.15) is 0 Å². The van der Waals surface area contributed by atoms with Gasteiger partial charge in [0.2, 0.25) is 0 Å². The highest BCUT2D eigenvalue weighted by Gasteiger charge is 2.15. The van der Waals surface area contributed by atoms with Crippen LogP contribution in [-0.4, -0.2) is 45.1 Å². The molecule has 0 atom stereocenters. The summed E-state index contributed by atoms with van der Waals surface area (Å²) in [7, 11) is 10.00. The summed E-state index contributed by atoms with van der Waals surface area (Å²) in [6.45, 7) is 0. The van der Waals surface area contributed by atoms with Gasteiger partial charge in [0.05, 0.1) is 13.3 Å². The Morgan fingerprint density at radius 2 is 1.40 bits per heavy atom. The summed E-state index contributed by atoms with van der Waals surface area (Å²) in [6, 6.07) is 8.19. The van der Waals surface area contributed by atoms with Crippen molar-refractivity contribution in [1.82, 2.24) is 9.80 Å². The Bertz CT molecular complexity index is 285. The van der Waals surface area contributed by atoms with Crippen LogP contribution in [0.25, 0.3) is 0 Å². The molecular weight excluding hydrogens is 188 g/mol. The van der Waals surface area contributed by atoms with E-state index in [0.717, 1.165) is 5.75 Å². The van der Waals surface area contributed by atoms with E-state index in [4.69, 9.17) is 4.74 Å². The van der Waals surface area contributed by atoms with Crippen LogP contribution in [0.4, 0.5) is 0 Å². The predicted molar refractivity (Wildman–Crippen MR) is 63.1 cm³/mol. The lowest BCUT2D eigenvalue weighted by atomic mass is 10.1. The van der Waals surface area contributed by atoms with Gasteiger partial charge in [0.25, 0.3) is 0 Å². The average Bonchev–Trinajstić information content (AvgIpc) is 2.18. The Morgan fingerprint density at radius 3 is 1.73 bits per heavy atom. The Labute approximate surface area is 92.3 Å². The molecule has 0 aliphatic rings. The fraction of sp³-hybridized carbons (Fsp3) is 0.500. The molecule has 0 unspecified atom stereocenters. The van der Waals surface area contributed by atoms with Gasteiger partial charge in [-0.05, 0) is 45.9 Å². The van der Waals surface area contributed by atoms with E-state index in [-0.39, 0.29) is 0 Å². The number of hydrogen-bond donors (Lipinski definition) is 0. The summed E-state index contributed by atoms with van der Waals surface area (Å²) in [5.74, 6) is 0.898. The fourth-order valence-corrected chi connectivity index (χ4v) is 1.83. The Morgan fingerprint density at radius 1 is 0.933 bits per heavy atom. The highest BCUT2D eigenvalue weighted by molar-refractivity contribution is 5.28. The van der Waals surface area contributed by atoms with Crippen molar-refractivity contribution in [3.05, 3.63) is 29.8 Å². The molecule has 1 aromatic carbocycles. The second kappa shape index (κ2) is 5.14. The molecule has 15 heavy (non-hydrogen) atoms. The molecule has 0 heterocycles. The number of hydrogen-bond acceptors (Lipinski definition) is 3. The molecule has 1 rings (SSSR count). The number of nitrogens with zero attached hydrogens (tertiary/aromatic N) is 2. The maximum absolute atomic E-state index is 5.14. The van der Waals surface area contributed by atoms with E-state index in [2.05, 4.69) is 50.1 Å². The van der Waals surface area contributed by atoms with E-state index in [1.165, 1.54) is 5.56 Å². The monoisotopic (exact) mass is 208 g/mol. The molecule has 1 aromatic rings.